The summed E-state index contributed by atoms with van der Waals surface area (Å²) >= 11 is 0. The van der Waals surface area contributed by atoms with Crippen LogP contribution in [0.4, 0.5) is 0 Å². The maximum absolute atomic E-state index is 5.26. The Morgan fingerprint density at radius 2 is 2.00 bits per heavy atom. The van der Waals surface area contributed by atoms with Gasteiger partial charge in [0.2, 0.25) is 5.88 Å². The molecule has 0 amide bonds. The smallest absolute Gasteiger partial charge is 0.213 e. The third kappa shape index (κ3) is 5.73. The second-order valence-electron chi connectivity index (χ2n) is 6.58. The largest absolute Gasteiger partial charge is 0.497 e. The number of likely N-dealkylation sites (tertiary alicyclic amines) is 1. The fourth-order valence-electron chi connectivity index (χ4n) is 3.35. The van der Waals surface area contributed by atoms with Crippen LogP contribution in [-0.4, -0.2) is 49.7 Å². The number of pyridine rings is 1. The lowest BCUT2D eigenvalue weighted by Gasteiger charge is -2.22. The van der Waals surface area contributed by atoms with E-state index in [4.69, 9.17) is 14.5 Å². The van der Waals surface area contributed by atoms with E-state index in [1.165, 1.54) is 5.56 Å². The molecule has 2 aromatic rings. The van der Waals surface area contributed by atoms with Crippen LogP contribution in [-0.2, 0) is 6.54 Å². The van der Waals surface area contributed by atoms with Crippen molar-refractivity contribution in [3.8, 4) is 11.6 Å². The van der Waals surface area contributed by atoms with Gasteiger partial charge >= 0.3 is 0 Å². The zero-order valence-electron chi connectivity index (χ0n) is 16.7. The van der Waals surface area contributed by atoms with Gasteiger partial charge in [0, 0.05) is 37.8 Å². The molecule has 7 heteroatoms. The SMILES string of the molecule is CCNC(=NCc1ccnc(OC)c1)N1CCC(c2ccc(OC)cc2)C1.I. The standard InChI is InChI=1S/C21H28N4O2.HI/c1-4-22-21(24-14-16-9-11-23-20(13-16)27-3)25-12-10-18(15-25)17-5-7-19(26-2)8-6-17;/h5-9,11,13,18H,4,10,12,14-15H2,1-3H3,(H,22,24);1H. The molecule has 0 spiro atoms. The maximum Gasteiger partial charge on any atom is 0.213 e. The van der Waals surface area contributed by atoms with E-state index in [1.807, 2.05) is 24.3 Å². The van der Waals surface area contributed by atoms with E-state index in [2.05, 4.69) is 34.3 Å². The average Bonchev–Trinajstić information content (AvgIpc) is 3.21. The first kappa shape index (κ1) is 22.3. The molecule has 28 heavy (non-hydrogen) atoms. The molecule has 1 aromatic heterocycles. The second-order valence-corrected chi connectivity index (χ2v) is 6.58. The highest BCUT2D eigenvalue weighted by Crippen LogP contribution is 2.28. The van der Waals surface area contributed by atoms with Gasteiger partial charge in [-0.2, -0.15) is 0 Å². The highest BCUT2D eigenvalue weighted by Gasteiger charge is 2.26. The number of aliphatic imine (C=N–C) groups is 1. The van der Waals surface area contributed by atoms with Crippen molar-refractivity contribution >= 4 is 29.9 Å². The summed E-state index contributed by atoms with van der Waals surface area (Å²) in [4.78, 5) is 11.3. The van der Waals surface area contributed by atoms with Crippen molar-refractivity contribution < 1.29 is 9.47 Å². The molecule has 1 aliphatic rings. The molecular weight excluding hydrogens is 467 g/mol. The number of methoxy groups -OCH3 is 2. The van der Waals surface area contributed by atoms with Crippen LogP contribution in [0.2, 0.25) is 0 Å². The first-order chi connectivity index (χ1) is 13.2. The molecule has 1 saturated heterocycles. The number of halogens is 1. The molecule has 0 saturated carbocycles. The predicted molar refractivity (Wildman–Crippen MR) is 123 cm³/mol. The van der Waals surface area contributed by atoms with Gasteiger partial charge in [0.05, 0.1) is 20.8 Å². The molecule has 6 nitrogen and oxygen atoms in total. The van der Waals surface area contributed by atoms with E-state index in [0.29, 0.717) is 18.3 Å². The van der Waals surface area contributed by atoms with E-state index in [-0.39, 0.29) is 24.0 Å². The average molecular weight is 496 g/mol. The van der Waals surface area contributed by atoms with Gasteiger partial charge in [0.15, 0.2) is 5.96 Å². The molecule has 1 fully saturated rings. The van der Waals surface area contributed by atoms with Gasteiger partial charge in [0.1, 0.15) is 5.75 Å². The van der Waals surface area contributed by atoms with Crippen LogP contribution in [0.1, 0.15) is 30.4 Å². The van der Waals surface area contributed by atoms with Gasteiger partial charge in [-0.15, -0.1) is 24.0 Å². The van der Waals surface area contributed by atoms with Crippen molar-refractivity contribution in [2.45, 2.75) is 25.8 Å². The first-order valence-electron chi connectivity index (χ1n) is 9.39. The molecule has 1 N–H and O–H groups in total. The highest BCUT2D eigenvalue weighted by molar-refractivity contribution is 14.0. The van der Waals surface area contributed by atoms with Crippen LogP contribution in [0.25, 0.3) is 0 Å². The Bertz CT molecular complexity index is 767. The van der Waals surface area contributed by atoms with Gasteiger partial charge in [0.25, 0.3) is 0 Å². The number of hydrogen-bond donors (Lipinski definition) is 1. The van der Waals surface area contributed by atoms with Crippen LogP contribution in [0.3, 0.4) is 0 Å². The molecule has 2 heterocycles. The first-order valence-corrected chi connectivity index (χ1v) is 9.39. The normalized spacial score (nSPS) is 16.5. The Hall–Kier alpha value is -2.03. The van der Waals surface area contributed by atoms with Gasteiger partial charge in [-0.1, -0.05) is 12.1 Å². The van der Waals surface area contributed by atoms with Gasteiger partial charge in [-0.3, -0.25) is 0 Å². The fraction of sp³-hybridized carbons (Fsp3) is 0.429. The summed E-state index contributed by atoms with van der Waals surface area (Å²) in [5.74, 6) is 3.00. The molecule has 152 valence electrons. The number of ether oxygens (including phenoxy) is 2. The van der Waals surface area contributed by atoms with Crippen LogP contribution in [0.15, 0.2) is 47.6 Å². The van der Waals surface area contributed by atoms with Crippen LogP contribution < -0.4 is 14.8 Å². The summed E-state index contributed by atoms with van der Waals surface area (Å²) < 4.78 is 10.5. The second kappa shape index (κ2) is 11.1. The third-order valence-electron chi connectivity index (χ3n) is 4.83. The van der Waals surface area contributed by atoms with E-state index in [9.17, 15) is 0 Å². The summed E-state index contributed by atoms with van der Waals surface area (Å²) in [6.45, 7) is 5.52. The Balaban J connectivity index is 0.00000280. The molecule has 1 aromatic carbocycles. The third-order valence-corrected chi connectivity index (χ3v) is 4.83. The molecular formula is C21H29IN4O2. The summed E-state index contributed by atoms with van der Waals surface area (Å²) in [6.07, 6.45) is 2.88. The summed E-state index contributed by atoms with van der Waals surface area (Å²) in [5, 5.41) is 3.42. The van der Waals surface area contributed by atoms with Crippen molar-refractivity contribution in [2.24, 2.45) is 4.99 Å². The van der Waals surface area contributed by atoms with Crippen molar-refractivity contribution in [3.05, 3.63) is 53.7 Å². The van der Waals surface area contributed by atoms with E-state index >= 15 is 0 Å². The van der Waals surface area contributed by atoms with E-state index < -0.39 is 0 Å². The fourth-order valence-corrected chi connectivity index (χ4v) is 3.35. The Kier molecular flexibility index (Phi) is 8.82. The Morgan fingerprint density at radius 1 is 1.21 bits per heavy atom. The molecule has 1 atom stereocenters. The number of guanidine groups is 1. The summed E-state index contributed by atoms with van der Waals surface area (Å²) in [7, 11) is 3.33. The molecule has 0 radical (unpaired) electrons. The monoisotopic (exact) mass is 496 g/mol. The van der Waals surface area contributed by atoms with E-state index in [0.717, 1.165) is 43.3 Å². The van der Waals surface area contributed by atoms with Gasteiger partial charge < -0.3 is 19.7 Å². The lowest BCUT2D eigenvalue weighted by molar-refractivity contribution is 0.397. The number of aromatic nitrogens is 1. The summed E-state index contributed by atoms with van der Waals surface area (Å²) in [6, 6.07) is 12.3. The van der Waals surface area contributed by atoms with Crippen LogP contribution in [0, 0.1) is 0 Å². The molecule has 0 bridgehead atoms. The molecule has 1 aliphatic heterocycles. The minimum atomic E-state index is 0. The van der Waals surface area contributed by atoms with E-state index in [1.54, 1.807) is 20.4 Å². The number of rotatable bonds is 6. The Labute approximate surface area is 184 Å². The number of hydrogen-bond acceptors (Lipinski definition) is 4. The van der Waals surface area contributed by atoms with Crippen molar-refractivity contribution in [2.75, 3.05) is 33.9 Å². The molecule has 3 rings (SSSR count). The van der Waals surface area contributed by atoms with Gasteiger partial charge in [-0.25, -0.2) is 9.98 Å². The minimum absolute atomic E-state index is 0. The number of benzene rings is 1. The zero-order chi connectivity index (χ0) is 19.1. The molecule has 1 unspecified atom stereocenters. The van der Waals surface area contributed by atoms with Crippen molar-refractivity contribution in [3.63, 3.8) is 0 Å². The quantitative estimate of drug-likeness (QED) is 0.376. The maximum atomic E-state index is 5.26. The van der Waals surface area contributed by atoms with Gasteiger partial charge in [-0.05, 0) is 42.7 Å². The Morgan fingerprint density at radius 3 is 2.68 bits per heavy atom. The minimum Gasteiger partial charge on any atom is -0.497 e. The van der Waals surface area contributed by atoms with Crippen LogP contribution >= 0.6 is 24.0 Å². The lowest BCUT2D eigenvalue weighted by Crippen LogP contribution is -2.40. The topological polar surface area (TPSA) is 59.0 Å². The van der Waals surface area contributed by atoms with Crippen molar-refractivity contribution in [1.29, 1.82) is 0 Å². The lowest BCUT2D eigenvalue weighted by atomic mass is 9.98. The van der Waals surface area contributed by atoms with Crippen LogP contribution in [0.5, 0.6) is 11.6 Å². The predicted octanol–water partition coefficient (Wildman–Crippen LogP) is 3.67. The molecule has 0 aliphatic carbocycles. The number of nitrogens with zero attached hydrogens (tertiary/aromatic N) is 3. The zero-order valence-corrected chi connectivity index (χ0v) is 19.1. The highest BCUT2D eigenvalue weighted by atomic mass is 127. The van der Waals surface area contributed by atoms with Crippen molar-refractivity contribution in [1.82, 2.24) is 15.2 Å². The number of nitrogens with one attached hydrogen (secondary N) is 1. The summed E-state index contributed by atoms with van der Waals surface area (Å²) in [5.41, 5.74) is 2.44.